The lowest BCUT2D eigenvalue weighted by atomic mass is 10.1. The van der Waals surface area contributed by atoms with E-state index in [-0.39, 0.29) is 17.5 Å². The Hall–Kier alpha value is -1.65. The van der Waals surface area contributed by atoms with Crippen molar-refractivity contribution >= 4 is 11.8 Å². The number of hydrogen-bond donors (Lipinski definition) is 3. The first-order valence-corrected chi connectivity index (χ1v) is 7.58. The molecular formula is C16H19NO2S. The molecule has 0 saturated carbocycles. The van der Waals surface area contributed by atoms with Crippen molar-refractivity contribution < 1.29 is 10.2 Å². The van der Waals surface area contributed by atoms with Gasteiger partial charge in [-0.05, 0) is 37.3 Å². The molecule has 0 aliphatic carbocycles. The highest BCUT2D eigenvalue weighted by molar-refractivity contribution is 7.99. The van der Waals surface area contributed by atoms with E-state index in [2.05, 4.69) is 17.4 Å². The molecule has 0 aliphatic rings. The highest BCUT2D eigenvalue weighted by Crippen LogP contribution is 2.27. The number of nitrogens with one attached hydrogen (secondary N) is 1. The molecule has 106 valence electrons. The zero-order valence-corrected chi connectivity index (χ0v) is 12.2. The molecule has 0 spiro atoms. The first kappa shape index (κ1) is 14.8. The van der Waals surface area contributed by atoms with Crippen LogP contribution in [0.2, 0.25) is 0 Å². The molecule has 3 nitrogen and oxygen atoms in total. The van der Waals surface area contributed by atoms with Crippen LogP contribution in [-0.4, -0.2) is 22.5 Å². The molecule has 1 unspecified atom stereocenters. The highest BCUT2D eigenvalue weighted by Gasteiger charge is 2.10. The van der Waals surface area contributed by atoms with Crippen molar-refractivity contribution in [3.63, 3.8) is 0 Å². The molecule has 3 N–H and O–H groups in total. The van der Waals surface area contributed by atoms with Crippen molar-refractivity contribution in [2.75, 3.05) is 12.3 Å². The van der Waals surface area contributed by atoms with Crippen LogP contribution in [0.15, 0.2) is 53.4 Å². The third kappa shape index (κ3) is 4.18. The maximum Gasteiger partial charge on any atom is 0.120 e. The van der Waals surface area contributed by atoms with Gasteiger partial charge in [0.1, 0.15) is 11.5 Å². The van der Waals surface area contributed by atoms with Crippen molar-refractivity contribution in [1.82, 2.24) is 5.32 Å². The second kappa shape index (κ2) is 7.22. The van der Waals surface area contributed by atoms with E-state index in [1.165, 1.54) is 17.0 Å². The van der Waals surface area contributed by atoms with E-state index in [1.807, 2.05) is 25.1 Å². The van der Waals surface area contributed by atoms with Gasteiger partial charge in [-0.1, -0.05) is 18.2 Å². The lowest BCUT2D eigenvalue weighted by Gasteiger charge is -2.15. The van der Waals surface area contributed by atoms with Gasteiger partial charge in [0, 0.05) is 28.8 Å². The molecule has 2 rings (SSSR count). The van der Waals surface area contributed by atoms with Crippen LogP contribution in [0.5, 0.6) is 11.5 Å². The molecule has 0 bridgehead atoms. The fourth-order valence-electron chi connectivity index (χ4n) is 1.96. The molecule has 0 amide bonds. The Morgan fingerprint density at radius 1 is 1.10 bits per heavy atom. The Kier molecular flexibility index (Phi) is 5.32. The molecule has 0 aromatic heterocycles. The van der Waals surface area contributed by atoms with E-state index in [4.69, 9.17) is 0 Å². The summed E-state index contributed by atoms with van der Waals surface area (Å²) in [6.45, 7) is 2.80. The van der Waals surface area contributed by atoms with Gasteiger partial charge < -0.3 is 15.5 Å². The number of benzene rings is 2. The van der Waals surface area contributed by atoms with Crippen molar-refractivity contribution in [1.29, 1.82) is 0 Å². The molecule has 20 heavy (non-hydrogen) atoms. The summed E-state index contributed by atoms with van der Waals surface area (Å²) in [5, 5.41) is 22.6. The quantitative estimate of drug-likeness (QED) is 0.432. The van der Waals surface area contributed by atoms with Crippen LogP contribution in [0, 0.1) is 0 Å². The van der Waals surface area contributed by atoms with Crippen molar-refractivity contribution in [3.8, 4) is 11.5 Å². The molecule has 0 aliphatic heterocycles. The third-order valence-electron chi connectivity index (χ3n) is 3.04. The van der Waals surface area contributed by atoms with Gasteiger partial charge in [-0.25, -0.2) is 0 Å². The fourth-order valence-corrected chi connectivity index (χ4v) is 2.76. The number of phenolic OH excluding ortho intramolecular Hbond substituents is 2. The van der Waals surface area contributed by atoms with Gasteiger partial charge in [-0.15, -0.1) is 11.8 Å². The maximum atomic E-state index is 9.78. The minimum Gasteiger partial charge on any atom is -0.508 e. The van der Waals surface area contributed by atoms with Gasteiger partial charge in [0.05, 0.1) is 0 Å². The fraction of sp³-hybridized carbons (Fsp3) is 0.250. The van der Waals surface area contributed by atoms with Crippen molar-refractivity contribution in [2.45, 2.75) is 17.9 Å². The van der Waals surface area contributed by atoms with Crippen molar-refractivity contribution in [2.24, 2.45) is 0 Å². The van der Waals surface area contributed by atoms with Crippen LogP contribution in [0.1, 0.15) is 18.5 Å². The topological polar surface area (TPSA) is 52.5 Å². The molecule has 2 aromatic rings. The Balaban J connectivity index is 1.80. The molecule has 0 fully saturated rings. The first-order valence-electron chi connectivity index (χ1n) is 6.60. The summed E-state index contributed by atoms with van der Waals surface area (Å²) < 4.78 is 0. The number of rotatable bonds is 6. The van der Waals surface area contributed by atoms with E-state index in [9.17, 15) is 10.2 Å². The van der Waals surface area contributed by atoms with Crippen molar-refractivity contribution in [3.05, 3.63) is 54.1 Å². The predicted octanol–water partition coefficient (Wildman–Crippen LogP) is 3.54. The Bertz CT molecular complexity index is 545. The molecule has 0 radical (unpaired) electrons. The predicted molar refractivity (Wildman–Crippen MR) is 83.4 cm³/mol. The van der Waals surface area contributed by atoms with Gasteiger partial charge in [-0.3, -0.25) is 0 Å². The van der Waals surface area contributed by atoms with E-state index in [0.29, 0.717) is 0 Å². The van der Waals surface area contributed by atoms with E-state index in [1.54, 1.807) is 17.8 Å². The average Bonchev–Trinajstić information content (AvgIpc) is 2.47. The summed E-state index contributed by atoms with van der Waals surface area (Å²) >= 11 is 1.79. The summed E-state index contributed by atoms with van der Waals surface area (Å²) in [7, 11) is 0. The maximum absolute atomic E-state index is 9.78. The number of thioether (sulfide) groups is 1. The number of aromatic hydroxyl groups is 2. The second-order valence-corrected chi connectivity index (χ2v) is 5.75. The lowest BCUT2D eigenvalue weighted by Crippen LogP contribution is -2.21. The zero-order valence-electron chi connectivity index (χ0n) is 11.4. The minimum atomic E-state index is -0.00141. The van der Waals surface area contributed by atoms with E-state index >= 15 is 0 Å². The summed E-state index contributed by atoms with van der Waals surface area (Å²) in [5.74, 6) is 1.33. The zero-order chi connectivity index (χ0) is 14.4. The smallest absolute Gasteiger partial charge is 0.120 e. The van der Waals surface area contributed by atoms with Gasteiger partial charge in [-0.2, -0.15) is 0 Å². The molecule has 4 heteroatoms. The van der Waals surface area contributed by atoms with Crippen LogP contribution in [-0.2, 0) is 0 Å². The second-order valence-electron chi connectivity index (χ2n) is 4.58. The SMILES string of the molecule is CC(NCCSc1ccccc1)c1cc(O)ccc1O. The largest absolute Gasteiger partial charge is 0.508 e. The summed E-state index contributed by atoms with van der Waals surface area (Å²) in [4.78, 5) is 1.25. The van der Waals surface area contributed by atoms with Crippen LogP contribution >= 0.6 is 11.8 Å². The van der Waals surface area contributed by atoms with Gasteiger partial charge in [0.15, 0.2) is 0 Å². The summed E-state index contributed by atoms with van der Waals surface area (Å²) in [6.07, 6.45) is 0. The first-order chi connectivity index (χ1) is 9.66. The Morgan fingerprint density at radius 2 is 1.85 bits per heavy atom. The normalized spacial score (nSPS) is 12.2. The summed E-state index contributed by atoms with van der Waals surface area (Å²) in [6, 6.07) is 14.8. The standard InChI is InChI=1S/C16H19NO2S/c1-12(15-11-13(18)7-8-16(15)19)17-9-10-20-14-5-3-2-4-6-14/h2-8,11-12,17-19H,9-10H2,1H3. The number of hydrogen-bond acceptors (Lipinski definition) is 4. The number of phenols is 2. The molecule has 1 atom stereocenters. The van der Waals surface area contributed by atoms with Gasteiger partial charge in [0.2, 0.25) is 0 Å². The Labute approximate surface area is 123 Å². The summed E-state index contributed by atoms with van der Waals surface area (Å²) in [5.41, 5.74) is 0.717. The Morgan fingerprint density at radius 3 is 2.60 bits per heavy atom. The van der Waals surface area contributed by atoms with Crippen LogP contribution in [0.3, 0.4) is 0 Å². The van der Waals surface area contributed by atoms with E-state index < -0.39 is 0 Å². The van der Waals surface area contributed by atoms with Crippen LogP contribution < -0.4 is 5.32 Å². The molecular weight excluding hydrogens is 270 g/mol. The van der Waals surface area contributed by atoms with Gasteiger partial charge >= 0.3 is 0 Å². The van der Waals surface area contributed by atoms with Crippen LogP contribution in [0.4, 0.5) is 0 Å². The highest BCUT2D eigenvalue weighted by atomic mass is 32.2. The monoisotopic (exact) mass is 289 g/mol. The molecule has 0 heterocycles. The van der Waals surface area contributed by atoms with E-state index in [0.717, 1.165) is 17.9 Å². The lowest BCUT2D eigenvalue weighted by molar-refractivity contribution is 0.443. The average molecular weight is 289 g/mol. The van der Waals surface area contributed by atoms with Crippen LogP contribution in [0.25, 0.3) is 0 Å². The minimum absolute atomic E-state index is 0.00141. The van der Waals surface area contributed by atoms with Gasteiger partial charge in [0.25, 0.3) is 0 Å². The molecule has 0 saturated heterocycles. The third-order valence-corrected chi connectivity index (χ3v) is 4.06. The molecule has 2 aromatic carbocycles.